The van der Waals surface area contributed by atoms with Crippen molar-refractivity contribution < 1.29 is 9.84 Å². The lowest BCUT2D eigenvalue weighted by Crippen LogP contribution is -2.42. The zero-order valence-corrected chi connectivity index (χ0v) is 12.9. The molecule has 0 atom stereocenters. The van der Waals surface area contributed by atoms with Gasteiger partial charge in [-0.15, -0.1) is 12.4 Å². The van der Waals surface area contributed by atoms with E-state index in [-0.39, 0.29) is 24.6 Å². The average molecular weight is 315 g/mol. The molecule has 18 heavy (non-hydrogen) atoms. The van der Waals surface area contributed by atoms with Gasteiger partial charge in [-0.2, -0.15) is 0 Å². The number of nitrogens with one attached hydrogen (secondary N) is 1. The lowest BCUT2D eigenvalue weighted by Gasteiger charge is -2.24. The van der Waals surface area contributed by atoms with Crippen molar-refractivity contribution in [1.82, 2.24) is 5.32 Å². The first-order valence-electron chi connectivity index (χ1n) is 5.27. The molecule has 0 aromatic heterocycles. The van der Waals surface area contributed by atoms with Crippen LogP contribution in [0, 0.1) is 0 Å². The largest absolute Gasteiger partial charge is 0.495 e. The first-order valence-corrected chi connectivity index (χ1v) is 6.03. The number of hydrogen-bond donors (Lipinski definition) is 2. The first kappa shape index (κ1) is 17.8. The Bertz CT molecular complexity index is 397. The number of aliphatic hydroxyl groups is 1. The Hall–Kier alpha value is -0.190. The van der Waals surface area contributed by atoms with Gasteiger partial charge in [0.2, 0.25) is 0 Å². The highest BCUT2D eigenvalue weighted by molar-refractivity contribution is 6.35. The van der Waals surface area contributed by atoms with Crippen LogP contribution in [0.15, 0.2) is 12.1 Å². The number of hydrogen-bond acceptors (Lipinski definition) is 3. The number of methoxy groups -OCH3 is 1. The van der Waals surface area contributed by atoms with Crippen LogP contribution in [0.1, 0.15) is 19.4 Å². The van der Waals surface area contributed by atoms with E-state index in [2.05, 4.69) is 5.32 Å². The fourth-order valence-electron chi connectivity index (χ4n) is 1.36. The van der Waals surface area contributed by atoms with Crippen molar-refractivity contribution in [2.45, 2.75) is 25.9 Å². The van der Waals surface area contributed by atoms with Crippen LogP contribution in [-0.2, 0) is 6.54 Å². The van der Waals surface area contributed by atoms with Crippen molar-refractivity contribution in [3.63, 3.8) is 0 Å². The molecular weight excluding hydrogens is 296 g/mol. The van der Waals surface area contributed by atoms with Crippen LogP contribution in [-0.4, -0.2) is 24.4 Å². The molecule has 2 N–H and O–H groups in total. The van der Waals surface area contributed by atoms with Gasteiger partial charge in [-0.3, -0.25) is 0 Å². The van der Waals surface area contributed by atoms with Gasteiger partial charge in [0.15, 0.2) is 0 Å². The summed E-state index contributed by atoms with van der Waals surface area (Å²) < 4.78 is 5.24. The normalized spacial score (nSPS) is 11.0. The predicted molar refractivity (Wildman–Crippen MR) is 78.3 cm³/mol. The molecule has 6 heteroatoms. The van der Waals surface area contributed by atoms with Crippen LogP contribution in [0.2, 0.25) is 10.0 Å². The minimum absolute atomic E-state index is 0. The highest BCUT2D eigenvalue weighted by atomic mass is 35.5. The number of rotatable bonds is 5. The summed E-state index contributed by atoms with van der Waals surface area (Å²) in [6.07, 6.45) is 0. The summed E-state index contributed by atoms with van der Waals surface area (Å²) in [7, 11) is 1.57. The smallest absolute Gasteiger partial charge is 0.142 e. The summed E-state index contributed by atoms with van der Waals surface area (Å²) in [5.41, 5.74) is 0.506. The van der Waals surface area contributed by atoms with Crippen molar-refractivity contribution >= 4 is 35.6 Å². The minimum atomic E-state index is -0.361. The summed E-state index contributed by atoms with van der Waals surface area (Å²) in [6, 6.07) is 3.44. The molecule has 3 nitrogen and oxygen atoms in total. The molecule has 0 fully saturated rings. The number of benzene rings is 1. The third-order valence-electron chi connectivity index (χ3n) is 2.44. The van der Waals surface area contributed by atoms with Gasteiger partial charge in [0.1, 0.15) is 5.75 Å². The second-order valence-corrected chi connectivity index (χ2v) is 5.32. The molecule has 1 aromatic rings. The van der Waals surface area contributed by atoms with E-state index < -0.39 is 0 Å². The fraction of sp³-hybridized carbons (Fsp3) is 0.500. The van der Waals surface area contributed by atoms with E-state index in [1.165, 1.54) is 0 Å². The average Bonchev–Trinajstić information content (AvgIpc) is 2.26. The molecule has 0 unspecified atom stereocenters. The summed E-state index contributed by atoms with van der Waals surface area (Å²) in [6.45, 7) is 4.39. The van der Waals surface area contributed by atoms with E-state index in [0.717, 1.165) is 5.56 Å². The maximum atomic E-state index is 9.16. The van der Waals surface area contributed by atoms with Gasteiger partial charge in [0, 0.05) is 22.7 Å². The molecule has 1 rings (SSSR count). The molecule has 0 bridgehead atoms. The molecule has 0 spiro atoms. The molecule has 104 valence electrons. The molecule has 0 saturated carbocycles. The minimum Gasteiger partial charge on any atom is -0.495 e. The third-order valence-corrected chi connectivity index (χ3v) is 2.94. The maximum Gasteiger partial charge on any atom is 0.142 e. The Kier molecular flexibility index (Phi) is 7.33. The zero-order valence-electron chi connectivity index (χ0n) is 10.6. The van der Waals surface area contributed by atoms with E-state index in [1.807, 2.05) is 13.8 Å². The fourth-order valence-corrected chi connectivity index (χ4v) is 1.98. The standard InChI is InChI=1S/C12H17Cl2NO2.ClH/c1-12(2,7-16)15-6-8-4-9(13)5-10(14)11(8)17-3;/h4-5,15-16H,6-7H2,1-3H3;1H. The van der Waals surface area contributed by atoms with E-state index in [1.54, 1.807) is 19.2 Å². The molecule has 0 aliphatic carbocycles. The van der Waals surface area contributed by atoms with Gasteiger partial charge in [-0.1, -0.05) is 23.2 Å². The molecule has 0 saturated heterocycles. The highest BCUT2D eigenvalue weighted by Crippen LogP contribution is 2.32. The number of halogens is 3. The van der Waals surface area contributed by atoms with Gasteiger partial charge >= 0.3 is 0 Å². The zero-order chi connectivity index (χ0) is 13.1. The number of ether oxygens (including phenoxy) is 1. The van der Waals surface area contributed by atoms with E-state index in [9.17, 15) is 0 Å². The molecule has 1 aromatic carbocycles. The van der Waals surface area contributed by atoms with Gasteiger partial charge < -0.3 is 15.2 Å². The van der Waals surface area contributed by atoms with Gasteiger partial charge in [-0.25, -0.2) is 0 Å². The van der Waals surface area contributed by atoms with Crippen LogP contribution in [0.25, 0.3) is 0 Å². The quantitative estimate of drug-likeness (QED) is 0.876. The van der Waals surface area contributed by atoms with Crippen molar-refractivity contribution in [2.24, 2.45) is 0 Å². The van der Waals surface area contributed by atoms with Crippen molar-refractivity contribution in [1.29, 1.82) is 0 Å². The van der Waals surface area contributed by atoms with Gasteiger partial charge in [-0.05, 0) is 26.0 Å². The molecule has 0 aliphatic rings. The van der Waals surface area contributed by atoms with Gasteiger partial charge in [0.25, 0.3) is 0 Å². The SMILES string of the molecule is COc1c(Cl)cc(Cl)cc1CNC(C)(C)CO.Cl. The van der Waals surface area contributed by atoms with E-state index in [4.69, 9.17) is 33.0 Å². The molecule has 0 amide bonds. The highest BCUT2D eigenvalue weighted by Gasteiger charge is 2.17. The van der Waals surface area contributed by atoms with Crippen molar-refractivity contribution in [2.75, 3.05) is 13.7 Å². The Morgan fingerprint density at radius 2 is 1.94 bits per heavy atom. The van der Waals surface area contributed by atoms with Crippen molar-refractivity contribution in [3.8, 4) is 5.75 Å². The Balaban J connectivity index is 0.00000289. The Labute approximate surface area is 124 Å². The van der Waals surface area contributed by atoms with Crippen LogP contribution < -0.4 is 10.1 Å². The second kappa shape index (κ2) is 7.41. The Morgan fingerprint density at radius 1 is 1.33 bits per heavy atom. The summed E-state index contributed by atoms with van der Waals surface area (Å²) in [5.74, 6) is 0.609. The van der Waals surface area contributed by atoms with Crippen LogP contribution in [0.3, 0.4) is 0 Å². The van der Waals surface area contributed by atoms with E-state index >= 15 is 0 Å². The summed E-state index contributed by atoms with van der Waals surface area (Å²) in [4.78, 5) is 0. The van der Waals surface area contributed by atoms with Crippen LogP contribution in [0.4, 0.5) is 0 Å². The maximum absolute atomic E-state index is 9.16. The van der Waals surface area contributed by atoms with Crippen LogP contribution in [0.5, 0.6) is 5.75 Å². The lowest BCUT2D eigenvalue weighted by atomic mass is 10.1. The van der Waals surface area contributed by atoms with Crippen molar-refractivity contribution in [3.05, 3.63) is 27.7 Å². The summed E-state index contributed by atoms with van der Waals surface area (Å²) in [5, 5.41) is 13.4. The molecule has 0 radical (unpaired) electrons. The molecular formula is C12H18Cl3NO2. The molecule has 0 heterocycles. The second-order valence-electron chi connectivity index (χ2n) is 4.48. The Morgan fingerprint density at radius 3 is 2.44 bits per heavy atom. The predicted octanol–water partition coefficient (Wildman–Crippen LogP) is 3.28. The third kappa shape index (κ3) is 4.82. The van der Waals surface area contributed by atoms with E-state index in [0.29, 0.717) is 22.3 Å². The first-order chi connectivity index (χ1) is 7.89. The van der Waals surface area contributed by atoms with Gasteiger partial charge in [0.05, 0.1) is 18.7 Å². The lowest BCUT2D eigenvalue weighted by molar-refractivity contribution is 0.187. The van der Waals surface area contributed by atoms with Crippen LogP contribution >= 0.6 is 35.6 Å². The number of aliphatic hydroxyl groups excluding tert-OH is 1. The monoisotopic (exact) mass is 313 g/mol. The topological polar surface area (TPSA) is 41.5 Å². The summed E-state index contributed by atoms with van der Waals surface area (Å²) >= 11 is 12.0. The molecule has 0 aliphatic heterocycles.